The molecule has 2 N–H and O–H groups in total. The Labute approximate surface area is 119 Å². The molecule has 1 heterocycles. The third kappa shape index (κ3) is 4.42. The molecule has 1 rings (SSSR count). The first-order valence-corrected chi connectivity index (χ1v) is 7.70. The lowest BCUT2D eigenvalue weighted by molar-refractivity contribution is 0.0677. The van der Waals surface area contributed by atoms with Crippen LogP contribution in [0.2, 0.25) is 5.15 Å². The molecule has 19 heavy (non-hydrogen) atoms. The molecule has 0 fully saturated rings. The minimum Gasteiger partial charge on any atom is -0.391 e. The molecule has 0 radical (unpaired) electrons. The van der Waals surface area contributed by atoms with Gasteiger partial charge in [0.1, 0.15) is 10.0 Å². The van der Waals surface area contributed by atoms with Gasteiger partial charge in [0.25, 0.3) is 0 Å². The van der Waals surface area contributed by atoms with Gasteiger partial charge in [0, 0.05) is 12.7 Å². The van der Waals surface area contributed by atoms with Crippen molar-refractivity contribution < 1.29 is 13.5 Å². The maximum atomic E-state index is 12.0. The monoisotopic (exact) mass is 306 g/mol. The Morgan fingerprint density at radius 1 is 1.47 bits per heavy atom. The lowest BCUT2D eigenvalue weighted by atomic mass is 9.89. The number of nitrogens with one attached hydrogen (secondary N) is 1. The fourth-order valence-electron chi connectivity index (χ4n) is 1.26. The number of hydrogen-bond acceptors (Lipinski definition) is 4. The summed E-state index contributed by atoms with van der Waals surface area (Å²) >= 11 is 5.75. The lowest BCUT2D eigenvalue weighted by Gasteiger charge is -2.25. The summed E-state index contributed by atoms with van der Waals surface area (Å²) in [5.74, 6) is 0. The second kappa shape index (κ2) is 5.75. The number of aromatic nitrogens is 1. The van der Waals surface area contributed by atoms with Gasteiger partial charge in [-0.2, -0.15) is 0 Å². The molecule has 1 aromatic rings. The minimum atomic E-state index is -3.69. The zero-order valence-corrected chi connectivity index (χ0v) is 13.0. The number of nitrogens with zero attached hydrogens (tertiary/aromatic N) is 1. The highest BCUT2D eigenvalue weighted by Gasteiger charge is 2.24. The van der Waals surface area contributed by atoms with E-state index in [0.29, 0.717) is 5.56 Å². The van der Waals surface area contributed by atoms with Crippen LogP contribution in [0.4, 0.5) is 0 Å². The number of aliphatic hydroxyl groups excluding tert-OH is 1. The summed E-state index contributed by atoms with van der Waals surface area (Å²) in [6, 6.07) is 1.45. The number of pyridine rings is 1. The van der Waals surface area contributed by atoms with Crippen LogP contribution in [-0.2, 0) is 10.0 Å². The van der Waals surface area contributed by atoms with Gasteiger partial charge < -0.3 is 5.11 Å². The number of sulfonamides is 1. The quantitative estimate of drug-likeness (QED) is 0.830. The van der Waals surface area contributed by atoms with Crippen LogP contribution in [0, 0.1) is 12.3 Å². The van der Waals surface area contributed by atoms with E-state index >= 15 is 0 Å². The molecule has 0 aliphatic rings. The van der Waals surface area contributed by atoms with Gasteiger partial charge in [-0.25, -0.2) is 18.1 Å². The highest BCUT2D eigenvalue weighted by Crippen LogP contribution is 2.20. The predicted octanol–water partition coefficient (Wildman–Crippen LogP) is 1.73. The Morgan fingerprint density at radius 2 is 2.05 bits per heavy atom. The van der Waals surface area contributed by atoms with Crippen molar-refractivity contribution in [2.45, 2.75) is 38.7 Å². The van der Waals surface area contributed by atoms with E-state index in [9.17, 15) is 13.5 Å². The Morgan fingerprint density at radius 3 is 2.53 bits per heavy atom. The molecule has 108 valence electrons. The van der Waals surface area contributed by atoms with E-state index < -0.39 is 21.5 Å². The van der Waals surface area contributed by atoms with Crippen molar-refractivity contribution in [3.63, 3.8) is 0 Å². The molecule has 1 unspecified atom stereocenters. The molecule has 0 saturated heterocycles. The SMILES string of the molecule is Cc1cc(S(=O)(=O)NCC(O)C(C)(C)C)cnc1Cl. The zero-order chi connectivity index (χ0) is 14.8. The Hall–Kier alpha value is -0.690. The van der Waals surface area contributed by atoms with E-state index in [0.717, 1.165) is 0 Å². The van der Waals surface area contributed by atoms with Gasteiger partial charge >= 0.3 is 0 Å². The van der Waals surface area contributed by atoms with Crippen molar-refractivity contribution in [1.82, 2.24) is 9.71 Å². The molecule has 0 amide bonds. The molecule has 1 aromatic heterocycles. The fourth-order valence-corrected chi connectivity index (χ4v) is 2.43. The van der Waals surface area contributed by atoms with E-state index in [-0.39, 0.29) is 16.6 Å². The van der Waals surface area contributed by atoms with Crippen LogP contribution in [-0.4, -0.2) is 31.2 Å². The van der Waals surface area contributed by atoms with Gasteiger partial charge in [0.2, 0.25) is 10.0 Å². The molecule has 0 bridgehead atoms. The third-order valence-corrected chi connectivity index (χ3v) is 4.55. The molecule has 5 nitrogen and oxygen atoms in total. The van der Waals surface area contributed by atoms with E-state index in [1.54, 1.807) is 6.92 Å². The van der Waals surface area contributed by atoms with Crippen molar-refractivity contribution in [3.05, 3.63) is 23.0 Å². The van der Waals surface area contributed by atoms with Crippen LogP contribution in [0.1, 0.15) is 26.3 Å². The Bertz CT molecular complexity index is 553. The standard InChI is InChI=1S/C12H19ClN2O3S/c1-8-5-9(6-14-11(8)13)19(17,18)15-7-10(16)12(2,3)4/h5-6,10,15-16H,7H2,1-4H3. The van der Waals surface area contributed by atoms with Gasteiger partial charge in [-0.05, 0) is 24.0 Å². The highest BCUT2D eigenvalue weighted by atomic mass is 35.5. The van der Waals surface area contributed by atoms with Crippen molar-refractivity contribution in [2.75, 3.05) is 6.54 Å². The topological polar surface area (TPSA) is 79.3 Å². The van der Waals surface area contributed by atoms with Crippen LogP contribution < -0.4 is 4.72 Å². The van der Waals surface area contributed by atoms with Crippen LogP contribution in [0.5, 0.6) is 0 Å². The van der Waals surface area contributed by atoms with Gasteiger partial charge in [-0.15, -0.1) is 0 Å². The Balaban J connectivity index is 2.85. The highest BCUT2D eigenvalue weighted by molar-refractivity contribution is 7.89. The first-order chi connectivity index (χ1) is 8.54. The molecular formula is C12H19ClN2O3S. The zero-order valence-electron chi connectivity index (χ0n) is 11.4. The van der Waals surface area contributed by atoms with E-state index in [4.69, 9.17) is 11.6 Å². The summed E-state index contributed by atoms with van der Waals surface area (Å²) in [6.45, 7) is 7.13. The molecule has 0 spiro atoms. The second-order valence-electron chi connectivity index (χ2n) is 5.51. The number of aliphatic hydroxyl groups is 1. The molecular weight excluding hydrogens is 288 g/mol. The van der Waals surface area contributed by atoms with Crippen LogP contribution >= 0.6 is 11.6 Å². The lowest BCUT2D eigenvalue weighted by Crippen LogP contribution is -2.39. The van der Waals surface area contributed by atoms with Crippen molar-refractivity contribution >= 4 is 21.6 Å². The summed E-state index contributed by atoms with van der Waals surface area (Å²) in [7, 11) is -3.69. The normalized spacial score (nSPS) is 14.4. The summed E-state index contributed by atoms with van der Waals surface area (Å²) in [5.41, 5.74) is 0.192. The van der Waals surface area contributed by atoms with Crippen molar-refractivity contribution in [3.8, 4) is 0 Å². The van der Waals surface area contributed by atoms with E-state index in [1.165, 1.54) is 12.3 Å². The van der Waals surface area contributed by atoms with E-state index in [2.05, 4.69) is 9.71 Å². The number of halogens is 1. The molecule has 7 heteroatoms. The Kier molecular flexibility index (Phi) is 4.95. The maximum absolute atomic E-state index is 12.0. The molecule has 1 atom stereocenters. The van der Waals surface area contributed by atoms with Gasteiger partial charge in [-0.1, -0.05) is 32.4 Å². The second-order valence-corrected chi connectivity index (χ2v) is 7.64. The third-order valence-electron chi connectivity index (χ3n) is 2.77. The average molecular weight is 307 g/mol. The summed E-state index contributed by atoms with van der Waals surface area (Å²) in [4.78, 5) is 3.84. The minimum absolute atomic E-state index is 0.0375. The summed E-state index contributed by atoms with van der Waals surface area (Å²) in [6.07, 6.45) is 0.421. The van der Waals surface area contributed by atoms with Crippen LogP contribution in [0.25, 0.3) is 0 Å². The van der Waals surface area contributed by atoms with Crippen molar-refractivity contribution in [1.29, 1.82) is 0 Å². The number of rotatable bonds is 4. The predicted molar refractivity (Wildman–Crippen MR) is 74.6 cm³/mol. The number of aryl methyl sites for hydroxylation is 1. The maximum Gasteiger partial charge on any atom is 0.242 e. The molecule has 0 aliphatic carbocycles. The smallest absolute Gasteiger partial charge is 0.242 e. The fraction of sp³-hybridized carbons (Fsp3) is 0.583. The van der Waals surface area contributed by atoms with Gasteiger partial charge in [0.05, 0.1) is 6.10 Å². The molecule has 0 aromatic carbocycles. The molecule has 0 saturated carbocycles. The largest absolute Gasteiger partial charge is 0.391 e. The number of hydrogen-bond donors (Lipinski definition) is 2. The first kappa shape index (κ1) is 16.4. The van der Waals surface area contributed by atoms with Gasteiger partial charge in [-0.3, -0.25) is 0 Å². The van der Waals surface area contributed by atoms with Crippen LogP contribution in [0.3, 0.4) is 0 Å². The van der Waals surface area contributed by atoms with Gasteiger partial charge in [0.15, 0.2) is 0 Å². The summed E-state index contributed by atoms with van der Waals surface area (Å²) in [5, 5.41) is 10.1. The molecule has 0 aliphatic heterocycles. The van der Waals surface area contributed by atoms with Crippen LogP contribution in [0.15, 0.2) is 17.2 Å². The average Bonchev–Trinajstić information content (AvgIpc) is 2.28. The van der Waals surface area contributed by atoms with Crippen molar-refractivity contribution in [2.24, 2.45) is 5.41 Å². The van der Waals surface area contributed by atoms with E-state index in [1.807, 2.05) is 20.8 Å². The first-order valence-electron chi connectivity index (χ1n) is 5.84. The summed E-state index contributed by atoms with van der Waals surface area (Å²) < 4.78 is 26.4.